The first-order valence-electron chi connectivity index (χ1n) is 8.15. The van der Waals surface area contributed by atoms with Gasteiger partial charge in [-0.1, -0.05) is 24.3 Å². The van der Waals surface area contributed by atoms with Crippen LogP contribution in [0.15, 0.2) is 47.5 Å². The standard InChI is InChI=1S/C19H23F2N3O/c1-3-22-19(24-12-16-10-17(20)8-9-18(16)21)23-11-14-6-4-5-7-15(14)13-25-2/h4-10H,3,11-13H2,1-2H3,(H2,22,23,24). The number of hydrogen-bond donors (Lipinski definition) is 2. The van der Waals surface area contributed by atoms with E-state index in [1.807, 2.05) is 31.2 Å². The Bertz CT molecular complexity index is 720. The number of halogens is 2. The van der Waals surface area contributed by atoms with Gasteiger partial charge in [-0.3, -0.25) is 0 Å². The van der Waals surface area contributed by atoms with Crippen LogP contribution in [0.5, 0.6) is 0 Å². The monoisotopic (exact) mass is 347 g/mol. The van der Waals surface area contributed by atoms with Gasteiger partial charge in [-0.2, -0.15) is 0 Å². The van der Waals surface area contributed by atoms with E-state index in [0.29, 0.717) is 25.7 Å². The van der Waals surface area contributed by atoms with Crippen LogP contribution in [0.25, 0.3) is 0 Å². The van der Waals surface area contributed by atoms with Crippen LogP contribution in [0.1, 0.15) is 23.6 Å². The van der Waals surface area contributed by atoms with Gasteiger partial charge in [0.1, 0.15) is 11.6 Å². The molecule has 2 aromatic rings. The highest BCUT2D eigenvalue weighted by molar-refractivity contribution is 5.79. The molecule has 0 aromatic heterocycles. The second-order valence-corrected chi connectivity index (χ2v) is 5.49. The fourth-order valence-electron chi connectivity index (χ4n) is 2.38. The molecule has 0 aliphatic carbocycles. The van der Waals surface area contributed by atoms with Gasteiger partial charge in [0.25, 0.3) is 0 Å². The maximum atomic E-state index is 13.7. The molecule has 0 radical (unpaired) electrons. The molecule has 0 saturated heterocycles. The maximum Gasteiger partial charge on any atom is 0.191 e. The Morgan fingerprint density at radius 3 is 2.52 bits per heavy atom. The van der Waals surface area contributed by atoms with E-state index in [1.165, 1.54) is 0 Å². The molecule has 0 fully saturated rings. The van der Waals surface area contributed by atoms with Crippen LogP contribution in [-0.2, 0) is 24.4 Å². The number of ether oxygens (including phenoxy) is 1. The van der Waals surface area contributed by atoms with E-state index in [4.69, 9.17) is 4.74 Å². The number of rotatable bonds is 7. The molecular formula is C19H23F2N3O. The van der Waals surface area contributed by atoms with Gasteiger partial charge in [0, 0.05) is 25.8 Å². The molecule has 0 aliphatic heterocycles. The van der Waals surface area contributed by atoms with Gasteiger partial charge in [0.2, 0.25) is 0 Å². The maximum absolute atomic E-state index is 13.7. The molecule has 0 spiro atoms. The van der Waals surface area contributed by atoms with E-state index in [1.54, 1.807) is 7.11 Å². The average Bonchev–Trinajstić information content (AvgIpc) is 2.61. The van der Waals surface area contributed by atoms with Crippen molar-refractivity contribution >= 4 is 5.96 Å². The Morgan fingerprint density at radius 1 is 1.04 bits per heavy atom. The number of hydrogen-bond acceptors (Lipinski definition) is 2. The van der Waals surface area contributed by atoms with Crippen LogP contribution in [-0.4, -0.2) is 19.6 Å². The van der Waals surface area contributed by atoms with Crippen LogP contribution in [0.2, 0.25) is 0 Å². The van der Waals surface area contributed by atoms with Crippen LogP contribution in [0.4, 0.5) is 8.78 Å². The Morgan fingerprint density at radius 2 is 1.80 bits per heavy atom. The van der Waals surface area contributed by atoms with Crippen LogP contribution in [0.3, 0.4) is 0 Å². The fraction of sp³-hybridized carbons (Fsp3) is 0.316. The highest BCUT2D eigenvalue weighted by Crippen LogP contribution is 2.11. The summed E-state index contributed by atoms with van der Waals surface area (Å²) in [6, 6.07) is 11.3. The Kier molecular flexibility index (Phi) is 7.35. The largest absolute Gasteiger partial charge is 0.380 e. The number of nitrogens with one attached hydrogen (secondary N) is 2. The van der Waals surface area contributed by atoms with E-state index in [0.717, 1.165) is 29.3 Å². The lowest BCUT2D eigenvalue weighted by atomic mass is 10.1. The van der Waals surface area contributed by atoms with Gasteiger partial charge in [0.15, 0.2) is 5.96 Å². The number of guanidine groups is 1. The zero-order valence-corrected chi connectivity index (χ0v) is 14.5. The van der Waals surface area contributed by atoms with E-state index in [2.05, 4.69) is 15.6 Å². The van der Waals surface area contributed by atoms with Crippen LogP contribution in [0, 0.1) is 11.6 Å². The molecule has 2 rings (SSSR count). The molecule has 134 valence electrons. The molecule has 0 aliphatic rings. The third kappa shape index (κ3) is 5.83. The fourth-order valence-corrected chi connectivity index (χ4v) is 2.38. The van der Waals surface area contributed by atoms with Gasteiger partial charge in [-0.05, 0) is 36.2 Å². The van der Waals surface area contributed by atoms with E-state index < -0.39 is 11.6 Å². The Labute approximate surface area is 146 Å². The second-order valence-electron chi connectivity index (χ2n) is 5.49. The SMILES string of the molecule is CCNC(=NCc1cc(F)ccc1F)NCc1ccccc1COC. The highest BCUT2D eigenvalue weighted by atomic mass is 19.1. The molecule has 4 nitrogen and oxygen atoms in total. The summed E-state index contributed by atoms with van der Waals surface area (Å²) < 4.78 is 32.2. The molecule has 6 heteroatoms. The van der Waals surface area contributed by atoms with Gasteiger partial charge in [0.05, 0.1) is 13.2 Å². The number of aliphatic imine (C=N–C) groups is 1. The summed E-state index contributed by atoms with van der Waals surface area (Å²) in [5.41, 5.74) is 2.40. The zero-order valence-electron chi connectivity index (χ0n) is 14.5. The minimum atomic E-state index is -0.474. The summed E-state index contributed by atoms with van der Waals surface area (Å²) in [4.78, 5) is 4.33. The first-order chi connectivity index (χ1) is 12.1. The van der Waals surface area contributed by atoms with Crippen molar-refractivity contribution in [3.63, 3.8) is 0 Å². The lowest BCUT2D eigenvalue weighted by Gasteiger charge is -2.14. The molecular weight excluding hydrogens is 324 g/mol. The van der Waals surface area contributed by atoms with Crippen LogP contribution >= 0.6 is 0 Å². The lowest BCUT2D eigenvalue weighted by molar-refractivity contribution is 0.184. The summed E-state index contributed by atoms with van der Waals surface area (Å²) in [6.45, 7) is 3.74. The molecule has 2 N–H and O–H groups in total. The molecule has 0 amide bonds. The summed E-state index contributed by atoms with van der Waals surface area (Å²) in [5, 5.41) is 6.31. The van der Waals surface area contributed by atoms with E-state index in [9.17, 15) is 8.78 Å². The first kappa shape index (κ1) is 18.9. The molecule has 0 atom stereocenters. The minimum absolute atomic E-state index is 0.0542. The summed E-state index contributed by atoms with van der Waals surface area (Å²) in [5.74, 6) is -0.400. The predicted octanol–water partition coefficient (Wildman–Crippen LogP) is 3.37. The number of benzene rings is 2. The molecule has 0 bridgehead atoms. The summed E-state index contributed by atoms with van der Waals surface area (Å²) >= 11 is 0. The Balaban J connectivity index is 2.06. The van der Waals surface area contributed by atoms with Crippen molar-refractivity contribution in [1.29, 1.82) is 0 Å². The third-order valence-electron chi connectivity index (χ3n) is 3.62. The Hall–Kier alpha value is -2.47. The molecule has 0 heterocycles. The van der Waals surface area contributed by atoms with Crippen molar-refractivity contribution in [3.8, 4) is 0 Å². The first-order valence-corrected chi connectivity index (χ1v) is 8.15. The van der Waals surface area contributed by atoms with Crippen molar-refractivity contribution in [3.05, 3.63) is 70.8 Å². The van der Waals surface area contributed by atoms with Gasteiger partial charge in [-0.15, -0.1) is 0 Å². The van der Waals surface area contributed by atoms with Gasteiger partial charge in [-0.25, -0.2) is 13.8 Å². The second kappa shape index (κ2) is 9.74. The van der Waals surface area contributed by atoms with Gasteiger partial charge < -0.3 is 15.4 Å². The topological polar surface area (TPSA) is 45.7 Å². The highest BCUT2D eigenvalue weighted by Gasteiger charge is 2.06. The lowest BCUT2D eigenvalue weighted by Crippen LogP contribution is -2.37. The molecule has 25 heavy (non-hydrogen) atoms. The van der Waals surface area contributed by atoms with Crippen molar-refractivity contribution in [2.75, 3.05) is 13.7 Å². The summed E-state index contributed by atoms with van der Waals surface area (Å²) in [7, 11) is 1.66. The van der Waals surface area contributed by atoms with Crippen molar-refractivity contribution in [1.82, 2.24) is 10.6 Å². The average molecular weight is 347 g/mol. The predicted molar refractivity (Wildman–Crippen MR) is 95.2 cm³/mol. The van der Waals surface area contributed by atoms with E-state index >= 15 is 0 Å². The molecule has 0 unspecified atom stereocenters. The number of methoxy groups -OCH3 is 1. The van der Waals surface area contributed by atoms with Crippen molar-refractivity contribution < 1.29 is 13.5 Å². The van der Waals surface area contributed by atoms with E-state index in [-0.39, 0.29) is 12.1 Å². The molecule has 2 aromatic carbocycles. The smallest absolute Gasteiger partial charge is 0.191 e. The van der Waals surface area contributed by atoms with Crippen molar-refractivity contribution in [2.45, 2.75) is 26.6 Å². The number of nitrogens with zero attached hydrogens (tertiary/aromatic N) is 1. The zero-order chi connectivity index (χ0) is 18.1. The van der Waals surface area contributed by atoms with Gasteiger partial charge >= 0.3 is 0 Å². The summed E-state index contributed by atoms with van der Waals surface area (Å²) in [6.07, 6.45) is 0. The third-order valence-corrected chi connectivity index (χ3v) is 3.62. The normalized spacial score (nSPS) is 11.4. The minimum Gasteiger partial charge on any atom is -0.380 e. The van der Waals surface area contributed by atoms with Crippen molar-refractivity contribution in [2.24, 2.45) is 4.99 Å². The molecule has 0 saturated carbocycles. The quantitative estimate of drug-likeness (QED) is 0.596. The van der Waals surface area contributed by atoms with Crippen LogP contribution < -0.4 is 10.6 Å².